The Bertz CT molecular complexity index is 1360. The molecule has 1 aliphatic rings. The van der Waals surface area contributed by atoms with Crippen molar-refractivity contribution in [2.75, 3.05) is 13.2 Å². The quantitative estimate of drug-likeness (QED) is 0.300. The minimum atomic E-state index is -0.763. The summed E-state index contributed by atoms with van der Waals surface area (Å²) >= 11 is 0. The zero-order valence-corrected chi connectivity index (χ0v) is 22.0. The topological polar surface area (TPSA) is 113 Å². The lowest BCUT2D eigenvalue weighted by Crippen LogP contribution is -2.35. The molecule has 0 amide bonds. The van der Waals surface area contributed by atoms with E-state index >= 15 is 0 Å². The second kappa shape index (κ2) is 10.8. The average molecular weight is 510 g/mol. The predicted octanol–water partition coefficient (Wildman–Crippen LogP) is 5.06. The monoisotopic (exact) mass is 509 g/mol. The number of esters is 1. The number of aliphatic carboxylic acids is 1. The van der Waals surface area contributed by atoms with Crippen LogP contribution in [-0.4, -0.2) is 44.6 Å². The van der Waals surface area contributed by atoms with Crippen molar-refractivity contribution in [2.24, 2.45) is 5.41 Å². The number of carbonyl (C=O) groups excluding carboxylic acids is 1. The minimum absolute atomic E-state index is 0.0319. The van der Waals surface area contributed by atoms with Crippen LogP contribution in [0.1, 0.15) is 76.2 Å². The van der Waals surface area contributed by atoms with E-state index in [1.54, 1.807) is 13.1 Å². The number of pyridine rings is 1. The van der Waals surface area contributed by atoms with Crippen LogP contribution in [0.3, 0.4) is 0 Å². The molecule has 4 rings (SSSR count). The summed E-state index contributed by atoms with van der Waals surface area (Å²) in [6, 6.07) is 7.25. The van der Waals surface area contributed by atoms with Crippen LogP contribution >= 0.6 is 0 Å². The highest BCUT2D eigenvalue weighted by Gasteiger charge is 2.35. The number of carboxylic acids is 1. The maximum atomic E-state index is 13.0. The molecule has 0 fully saturated rings. The summed E-state index contributed by atoms with van der Waals surface area (Å²) in [4.78, 5) is 36.1. The fourth-order valence-electron chi connectivity index (χ4n) is 4.86. The summed E-state index contributed by atoms with van der Waals surface area (Å²) < 4.78 is 15.2. The molecule has 1 aromatic carbocycles. The lowest BCUT2D eigenvalue weighted by molar-refractivity contribution is -0.137. The number of rotatable bonds is 10. The summed E-state index contributed by atoms with van der Waals surface area (Å²) in [5.74, 6) is -0.700. The third-order valence-electron chi connectivity index (χ3n) is 6.77. The first kappa shape index (κ1) is 26.4. The van der Waals surface area contributed by atoms with Crippen LogP contribution in [0.15, 0.2) is 35.3 Å². The van der Waals surface area contributed by atoms with Gasteiger partial charge in [-0.25, -0.2) is 4.79 Å². The first-order valence-electron chi connectivity index (χ1n) is 12.9. The third kappa shape index (κ3) is 5.55. The SMILES string of the molecule is CCOC(=O)c1cn2c(cc1=O)-c1c3cccc(OCCCCCCC(=O)O)c3nn1C[C@H]2C(C)(C)C. The van der Waals surface area contributed by atoms with Crippen molar-refractivity contribution in [3.05, 3.63) is 46.2 Å². The molecule has 1 atom stereocenters. The molecule has 0 bridgehead atoms. The Labute approximate surface area is 216 Å². The van der Waals surface area contributed by atoms with Crippen molar-refractivity contribution in [3.8, 4) is 17.1 Å². The molecule has 9 nitrogen and oxygen atoms in total. The summed E-state index contributed by atoms with van der Waals surface area (Å²) in [5, 5.41) is 14.5. The molecule has 2 aromatic heterocycles. The van der Waals surface area contributed by atoms with Crippen molar-refractivity contribution >= 4 is 22.8 Å². The van der Waals surface area contributed by atoms with E-state index in [0.717, 1.165) is 35.9 Å². The average Bonchev–Trinajstić information content (AvgIpc) is 3.21. The summed E-state index contributed by atoms with van der Waals surface area (Å²) in [6.45, 7) is 9.39. The Hall–Kier alpha value is -3.62. The van der Waals surface area contributed by atoms with Gasteiger partial charge in [0.05, 0.1) is 37.2 Å². The van der Waals surface area contributed by atoms with Crippen molar-refractivity contribution < 1.29 is 24.2 Å². The van der Waals surface area contributed by atoms with E-state index in [9.17, 15) is 14.4 Å². The third-order valence-corrected chi connectivity index (χ3v) is 6.77. The molecule has 0 aliphatic carbocycles. The summed E-state index contributed by atoms with van der Waals surface area (Å²) in [6.07, 6.45) is 5.08. The number of hydrogen-bond acceptors (Lipinski definition) is 6. The number of carboxylic acid groups (broad SMARTS) is 1. The molecule has 3 heterocycles. The predicted molar refractivity (Wildman–Crippen MR) is 140 cm³/mol. The second-order valence-corrected chi connectivity index (χ2v) is 10.5. The fourth-order valence-corrected chi connectivity index (χ4v) is 4.86. The summed E-state index contributed by atoms with van der Waals surface area (Å²) in [7, 11) is 0. The van der Waals surface area contributed by atoms with Crippen molar-refractivity contribution in [1.82, 2.24) is 14.3 Å². The van der Waals surface area contributed by atoms with E-state index in [1.165, 1.54) is 6.07 Å². The van der Waals surface area contributed by atoms with Gasteiger partial charge in [-0.3, -0.25) is 14.3 Å². The van der Waals surface area contributed by atoms with Gasteiger partial charge in [-0.05, 0) is 31.2 Å². The largest absolute Gasteiger partial charge is 0.491 e. The zero-order chi connectivity index (χ0) is 26.7. The molecular weight excluding hydrogens is 474 g/mol. The maximum absolute atomic E-state index is 13.0. The zero-order valence-electron chi connectivity index (χ0n) is 22.0. The molecule has 37 heavy (non-hydrogen) atoms. The van der Waals surface area contributed by atoms with E-state index in [4.69, 9.17) is 19.7 Å². The van der Waals surface area contributed by atoms with Crippen LogP contribution in [0.5, 0.6) is 5.75 Å². The van der Waals surface area contributed by atoms with Crippen LogP contribution in [0.2, 0.25) is 0 Å². The minimum Gasteiger partial charge on any atom is -0.491 e. The molecule has 198 valence electrons. The van der Waals surface area contributed by atoms with Gasteiger partial charge in [-0.2, -0.15) is 5.10 Å². The number of hydrogen-bond donors (Lipinski definition) is 1. The van der Waals surface area contributed by atoms with E-state index < -0.39 is 11.9 Å². The Morgan fingerprint density at radius 3 is 2.62 bits per heavy atom. The lowest BCUT2D eigenvalue weighted by Gasteiger charge is -2.38. The van der Waals surface area contributed by atoms with Crippen LogP contribution in [-0.2, 0) is 16.1 Å². The fraction of sp³-hybridized carbons (Fsp3) is 0.500. The normalized spacial score (nSPS) is 14.8. The number of nitrogens with zero attached hydrogens (tertiary/aromatic N) is 3. The lowest BCUT2D eigenvalue weighted by atomic mass is 9.85. The van der Waals surface area contributed by atoms with E-state index in [2.05, 4.69) is 20.8 Å². The molecule has 1 aliphatic heterocycles. The summed E-state index contributed by atoms with van der Waals surface area (Å²) in [5.41, 5.74) is 1.74. The van der Waals surface area contributed by atoms with E-state index in [1.807, 2.05) is 27.4 Å². The van der Waals surface area contributed by atoms with Crippen molar-refractivity contribution in [1.29, 1.82) is 0 Å². The first-order valence-corrected chi connectivity index (χ1v) is 12.9. The molecule has 0 unspecified atom stereocenters. The van der Waals surface area contributed by atoms with Crippen LogP contribution in [0.25, 0.3) is 22.3 Å². The van der Waals surface area contributed by atoms with Gasteiger partial charge in [0.15, 0.2) is 5.43 Å². The van der Waals surface area contributed by atoms with Gasteiger partial charge in [-0.1, -0.05) is 45.7 Å². The highest BCUT2D eigenvalue weighted by atomic mass is 16.5. The van der Waals surface area contributed by atoms with E-state index in [-0.39, 0.29) is 35.5 Å². The van der Waals surface area contributed by atoms with E-state index in [0.29, 0.717) is 31.0 Å². The molecule has 0 radical (unpaired) electrons. The number of benzene rings is 1. The van der Waals surface area contributed by atoms with Gasteiger partial charge in [0.2, 0.25) is 0 Å². The number of carbonyl (C=O) groups is 2. The van der Waals surface area contributed by atoms with Gasteiger partial charge in [-0.15, -0.1) is 0 Å². The molecular formula is C28H35N3O6. The van der Waals surface area contributed by atoms with Crippen molar-refractivity contribution in [2.45, 2.75) is 72.4 Å². The first-order chi connectivity index (χ1) is 17.6. The van der Waals surface area contributed by atoms with Crippen LogP contribution in [0.4, 0.5) is 0 Å². The second-order valence-electron chi connectivity index (χ2n) is 10.5. The maximum Gasteiger partial charge on any atom is 0.343 e. The number of ether oxygens (including phenoxy) is 2. The molecule has 0 saturated carbocycles. The van der Waals surface area contributed by atoms with Gasteiger partial charge in [0, 0.05) is 24.1 Å². The molecule has 0 saturated heterocycles. The Balaban J connectivity index is 1.67. The standard InChI is InChI=1S/C28H35N3O6/c1-5-36-27(35)19-16-30-20(15-21(19)32)26-18-11-10-12-22(37-14-9-7-6-8-13-24(33)34)25(18)29-31(26)17-23(30)28(2,3)4/h10-12,15-16,23H,5-9,13-14,17H2,1-4H3,(H,33,34)/t23-/m0/s1. The highest BCUT2D eigenvalue weighted by Crippen LogP contribution is 2.43. The van der Waals surface area contributed by atoms with Gasteiger partial charge >= 0.3 is 11.9 Å². The number of aromatic nitrogens is 3. The smallest absolute Gasteiger partial charge is 0.343 e. The Kier molecular flexibility index (Phi) is 7.71. The Morgan fingerprint density at radius 1 is 1.16 bits per heavy atom. The molecule has 3 aromatic rings. The van der Waals surface area contributed by atoms with Gasteiger partial charge in [0.1, 0.15) is 16.8 Å². The van der Waals surface area contributed by atoms with Crippen LogP contribution in [0, 0.1) is 5.41 Å². The van der Waals surface area contributed by atoms with Crippen LogP contribution < -0.4 is 10.2 Å². The number of unbranched alkanes of at least 4 members (excludes halogenated alkanes) is 3. The van der Waals surface area contributed by atoms with Gasteiger partial charge in [0.25, 0.3) is 0 Å². The number of fused-ring (bicyclic) bond motifs is 5. The Morgan fingerprint density at radius 2 is 1.92 bits per heavy atom. The van der Waals surface area contributed by atoms with Crippen molar-refractivity contribution in [3.63, 3.8) is 0 Å². The van der Waals surface area contributed by atoms with Gasteiger partial charge < -0.3 is 19.1 Å². The molecule has 1 N–H and O–H groups in total. The highest BCUT2D eigenvalue weighted by molar-refractivity contribution is 5.97. The molecule has 9 heteroatoms. The molecule has 0 spiro atoms.